The van der Waals surface area contributed by atoms with Gasteiger partial charge in [0.25, 0.3) is 5.91 Å². The van der Waals surface area contributed by atoms with Crippen molar-refractivity contribution < 1.29 is 22.7 Å². The lowest BCUT2D eigenvalue weighted by molar-refractivity contribution is -0.123. The number of rotatable bonds is 10. The van der Waals surface area contributed by atoms with E-state index < -0.39 is 10.0 Å². The number of ether oxygens (including phenoxy) is 2. The summed E-state index contributed by atoms with van der Waals surface area (Å²) in [6.07, 6.45) is 1.18. The van der Waals surface area contributed by atoms with Gasteiger partial charge in [0.1, 0.15) is 11.5 Å². The number of methoxy groups -OCH3 is 1. The number of hydrogen-bond acceptors (Lipinski definition) is 5. The van der Waals surface area contributed by atoms with Crippen molar-refractivity contribution in [2.75, 3.05) is 24.3 Å². The average Bonchev–Trinajstić information content (AvgIpc) is 2.81. The van der Waals surface area contributed by atoms with Gasteiger partial charge in [-0.1, -0.05) is 42.5 Å². The van der Waals surface area contributed by atoms with E-state index in [1.54, 1.807) is 31.4 Å². The predicted octanol–water partition coefficient (Wildman–Crippen LogP) is 3.92. The second kappa shape index (κ2) is 10.9. The molecular weight excluding hydrogens is 440 g/mol. The van der Waals surface area contributed by atoms with E-state index in [1.807, 2.05) is 61.5 Å². The van der Waals surface area contributed by atoms with Crippen molar-refractivity contribution in [1.82, 2.24) is 5.32 Å². The molecule has 0 aliphatic carbocycles. The van der Waals surface area contributed by atoms with Crippen molar-refractivity contribution in [2.24, 2.45) is 0 Å². The second-order valence-electron chi connectivity index (χ2n) is 7.60. The molecule has 0 fully saturated rings. The zero-order valence-electron chi connectivity index (χ0n) is 18.9. The molecule has 1 amide bonds. The monoisotopic (exact) mass is 468 g/mol. The van der Waals surface area contributed by atoms with Gasteiger partial charge in [-0.2, -0.15) is 0 Å². The summed E-state index contributed by atoms with van der Waals surface area (Å²) in [5, 5.41) is 2.89. The van der Waals surface area contributed by atoms with Crippen LogP contribution in [0.5, 0.6) is 11.5 Å². The zero-order chi connectivity index (χ0) is 23.8. The topological polar surface area (TPSA) is 84.9 Å². The fraction of sp³-hybridized carbons (Fsp3) is 0.240. The molecule has 7 nitrogen and oxygen atoms in total. The standard InChI is InChI=1S/C25H28N2O5S/c1-19(21-9-13-23(31-2)14-10-21)26-25(28)18-32-24-15-11-22(12-16-24)27(33(3,29)30)17-20-7-5-4-6-8-20/h4-16,19H,17-18H2,1-3H3,(H,26,28). The number of anilines is 1. The van der Waals surface area contributed by atoms with Gasteiger partial charge >= 0.3 is 0 Å². The van der Waals surface area contributed by atoms with Crippen LogP contribution in [0.15, 0.2) is 78.9 Å². The number of nitrogens with zero attached hydrogens (tertiary/aromatic N) is 1. The molecule has 8 heteroatoms. The quantitative estimate of drug-likeness (QED) is 0.488. The van der Waals surface area contributed by atoms with Crippen molar-refractivity contribution in [1.29, 1.82) is 0 Å². The first kappa shape index (κ1) is 24.1. The highest BCUT2D eigenvalue weighted by Crippen LogP contribution is 2.24. The molecule has 0 radical (unpaired) electrons. The summed E-state index contributed by atoms with van der Waals surface area (Å²) in [6.45, 7) is 1.96. The largest absolute Gasteiger partial charge is 0.497 e. The molecule has 33 heavy (non-hydrogen) atoms. The lowest BCUT2D eigenvalue weighted by atomic mass is 10.1. The van der Waals surface area contributed by atoms with E-state index >= 15 is 0 Å². The van der Waals surface area contributed by atoms with Gasteiger partial charge in [0.2, 0.25) is 10.0 Å². The normalized spacial score (nSPS) is 12.0. The van der Waals surface area contributed by atoms with Gasteiger partial charge in [0, 0.05) is 0 Å². The Morgan fingerprint density at radius 2 is 1.55 bits per heavy atom. The van der Waals surface area contributed by atoms with E-state index in [1.165, 1.54) is 10.6 Å². The number of hydrogen-bond donors (Lipinski definition) is 1. The third-order valence-corrected chi connectivity index (χ3v) is 6.20. The maximum Gasteiger partial charge on any atom is 0.258 e. The molecule has 1 atom stereocenters. The Morgan fingerprint density at radius 3 is 2.12 bits per heavy atom. The number of carbonyl (C=O) groups is 1. The molecule has 3 rings (SSSR count). The van der Waals surface area contributed by atoms with E-state index in [-0.39, 0.29) is 25.1 Å². The Morgan fingerprint density at radius 1 is 0.939 bits per heavy atom. The van der Waals surface area contributed by atoms with E-state index in [9.17, 15) is 13.2 Å². The second-order valence-corrected chi connectivity index (χ2v) is 9.51. The minimum absolute atomic E-state index is 0.153. The number of amides is 1. The van der Waals surface area contributed by atoms with Crippen molar-refractivity contribution in [2.45, 2.75) is 19.5 Å². The van der Waals surface area contributed by atoms with Crippen LogP contribution in [0.3, 0.4) is 0 Å². The highest BCUT2D eigenvalue weighted by molar-refractivity contribution is 7.92. The third-order valence-electron chi connectivity index (χ3n) is 5.06. The predicted molar refractivity (Wildman–Crippen MR) is 129 cm³/mol. The number of benzene rings is 3. The molecule has 1 N–H and O–H groups in total. The smallest absolute Gasteiger partial charge is 0.258 e. The van der Waals surface area contributed by atoms with Crippen molar-refractivity contribution >= 4 is 21.6 Å². The molecule has 3 aromatic rings. The van der Waals surface area contributed by atoms with Crippen LogP contribution in [0.2, 0.25) is 0 Å². The molecule has 3 aromatic carbocycles. The molecule has 0 bridgehead atoms. The molecule has 0 heterocycles. The maximum atomic E-state index is 12.3. The summed E-state index contributed by atoms with van der Waals surface area (Å²) in [4.78, 5) is 12.3. The van der Waals surface area contributed by atoms with E-state index in [4.69, 9.17) is 9.47 Å². The Kier molecular flexibility index (Phi) is 7.95. The van der Waals surface area contributed by atoms with Crippen LogP contribution in [0.1, 0.15) is 24.1 Å². The van der Waals surface area contributed by atoms with E-state index in [0.29, 0.717) is 11.4 Å². The third kappa shape index (κ3) is 6.98. The Bertz CT molecular complexity index is 1150. The van der Waals surface area contributed by atoms with Crippen molar-refractivity contribution in [3.05, 3.63) is 90.0 Å². The lowest BCUT2D eigenvalue weighted by Gasteiger charge is -2.23. The van der Waals surface area contributed by atoms with E-state index in [2.05, 4.69) is 5.32 Å². The van der Waals surface area contributed by atoms with Gasteiger partial charge in [-0.25, -0.2) is 8.42 Å². The zero-order valence-corrected chi connectivity index (χ0v) is 19.7. The van der Waals surface area contributed by atoms with Crippen LogP contribution >= 0.6 is 0 Å². The highest BCUT2D eigenvalue weighted by Gasteiger charge is 2.18. The molecule has 0 saturated heterocycles. The number of sulfonamides is 1. The molecule has 0 aliphatic heterocycles. The maximum absolute atomic E-state index is 12.3. The molecule has 1 unspecified atom stereocenters. The summed E-state index contributed by atoms with van der Waals surface area (Å²) >= 11 is 0. The lowest BCUT2D eigenvalue weighted by Crippen LogP contribution is -2.31. The summed E-state index contributed by atoms with van der Waals surface area (Å²) in [5.74, 6) is 0.964. The van der Waals surface area contributed by atoms with Gasteiger partial charge in [0.05, 0.1) is 31.6 Å². The van der Waals surface area contributed by atoms with Crippen LogP contribution in [-0.2, 0) is 21.4 Å². The Balaban J connectivity index is 1.58. The first-order valence-corrected chi connectivity index (χ1v) is 12.3. The molecular formula is C25H28N2O5S. The fourth-order valence-corrected chi connectivity index (χ4v) is 4.15. The van der Waals surface area contributed by atoms with Crippen LogP contribution in [0.25, 0.3) is 0 Å². The SMILES string of the molecule is COc1ccc(C(C)NC(=O)COc2ccc(N(Cc3ccccc3)S(C)(=O)=O)cc2)cc1. The van der Waals surface area contributed by atoms with Gasteiger partial charge < -0.3 is 14.8 Å². The molecule has 0 saturated carbocycles. The van der Waals surface area contributed by atoms with Crippen LogP contribution in [-0.4, -0.2) is 34.3 Å². The van der Waals surface area contributed by atoms with Gasteiger partial charge in [-0.3, -0.25) is 9.10 Å². The first-order chi connectivity index (χ1) is 15.8. The summed E-state index contributed by atoms with van der Waals surface area (Å²) in [7, 11) is -1.88. The first-order valence-electron chi connectivity index (χ1n) is 10.4. The highest BCUT2D eigenvalue weighted by atomic mass is 32.2. The molecule has 174 valence electrons. The van der Waals surface area contributed by atoms with Crippen LogP contribution in [0.4, 0.5) is 5.69 Å². The summed E-state index contributed by atoms with van der Waals surface area (Å²) in [6, 6.07) is 23.3. The average molecular weight is 469 g/mol. The van der Waals surface area contributed by atoms with Crippen molar-refractivity contribution in [3.63, 3.8) is 0 Å². The fourth-order valence-electron chi connectivity index (χ4n) is 3.27. The van der Waals surface area contributed by atoms with Gasteiger partial charge in [-0.15, -0.1) is 0 Å². The number of nitrogens with one attached hydrogen (secondary N) is 1. The van der Waals surface area contributed by atoms with Gasteiger partial charge in [0.15, 0.2) is 6.61 Å². The molecule has 0 spiro atoms. The molecule has 0 aromatic heterocycles. The van der Waals surface area contributed by atoms with Crippen LogP contribution in [0, 0.1) is 0 Å². The summed E-state index contributed by atoms with van der Waals surface area (Å²) < 4.78 is 36.7. The Hall–Kier alpha value is -3.52. The van der Waals surface area contributed by atoms with Crippen LogP contribution < -0.4 is 19.1 Å². The van der Waals surface area contributed by atoms with E-state index in [0.717, 1.165) is 16.9 Å². The minimum Gasteiger partial charge on any atom is -0.497 e. The molecule has 0 aliphatic rings. The Labute approximate surface area is 195 Å². The minimum atomic E-state index is -3.48. The van der Waals surface area contributed by atoms with Gasteiger partial charge in [-0.05, 0) is 54.4 Å². The van der Waals surface area contributed by atoms with Crippen molar-refractivity contribution in [3.8, 4) is 11.5 Å². The number of carbonyl (C=O) groups excluding carboxylic acids is 1. The summed E-state index contributed by atoms with van der Waals surface area (Å²) in [5.41, 5.74) is 2.35.